The average Bonchev–Trinajstić information content (AvgIpc) is 3.09. The van der Waals surface area contributed by atoms with Gasteiger partial charge in [0, 0.05) is 11.0 Å². The summed E-state index contributed by atoms with van der Waals surface area (Å²) in [6, 6.07) is 7.96. The SMILES string of the molecule is NCc1nc(-c2ccc(C3(CO)CC3)cc2)no1. The smallest absolute Gasteiger partial charge is 0.240 e. The van der Waals surface area contributed by atoms with E-state index in [9.17, 15) is 5.11 Å². The fourth-order valence-electron chi connectivity index (χ4n) is 2.12. The summed E-state index contributed by atoms with van der Waals surface area (Å²) in [5, 5.41) is 13.2. The van der Waals surface area contributed by atoms with Crippen LogP contribution in [0.15, 0.2) is 28.8 Å². The fourth-order valence-corrected chi connectivity index (χ4v) is 2.12. The molecule has 3 N–H and O–H groups in total. The molecule has 0 aliphatic heterocycles. The minimum absolute atomic E-state index is 0.00178. The molecule has 5 nitrogen and oxygen atoms in total. The van der Waals surface area contributed by atoms with Crippen LogP contribution in [-0.4, -0.2) is 21.9 Å². The van der Waals surface area contributed by atoms with Gasteiger partial charge >= 0.3 is 0 Å². The first-order chi connectivity index (χ1) is 8.77. The number of benzene rings is 1. The van der Waals surface area contributed by atoms with Gasteiger partial charge in [-0.2, -0.15) is 4.98 Å². The summed E-state index contributed by atoms with van der Waals surface area (Å²) >= 11 is 0. The number of hydrogen-bond donors (Lipinski definition) is 2. The van der Waals surface area contributed by atoms with E-state index in [1.54, 1.807) is 0 Å². The molecule has 1 aromatic heterocycles. The van der Waals surface area contributed by atoms with Gasteiger partial charge in [0.2, 0.25) is 11.7 Å². The van der Waals surface area contributed by atoms with Gasteiger partial charge in [-0.1, -0.05) is 29.4 Å². The number of aliphatic hydroxyl groups is 1. The Kier molecular flexibility index (Phi) is 2.65. The van der Waals surface area contributed by atoms with Crippen LogP contribution in [0, 0.1) is 0 Å². The maximum Gasteiger partial charge on any atom is 0.240 e. The van der Waals surface area contributed by atoms with E-state index in [1.165, 1.54) is 5.56 Å². The molecule has 18 heavy (non-hydrogen) atoms. The largest absolute Gasteiger partial charge is 0.395 e. The molecule has 1 aromatic carbocycles. The molecule has 0 spiro atoms. The van der Waals surface area contributed by atoms with Gasteiger partial charge in [-0.25, -0.2) is 0 Å². The van der Waals surface area contributed by atoms with Crippen LogP contribution in [0.25, 0.3) is 11.4 Å². The minimum atomic E-state index is -0.00178. The van der Waals surface area contributed by atoms with Gasteiger partial charge in [0.15, 0.2) is 0 Å². The molecule has 1 heterocycles. The summed E-state index contributed by atoms with van der Waals surface area (Å²) < 4.78 is 4.97. The predicted octanol–water partition coefficient (Wildman–Crippen LogP) is 1.22. The summed E-state index contributed by atoms with van der Waals surface area (Å²) in [5.74, 6) is 0.985. The summed E-state index contributed by atoms with van der Waals surface area (Å²) in [5.41, 5.74) is 7.50. The van der Waals surface area contributed by atoms with Gasteiger partial charge in [-0.3, -0.25) is 0 Å². The summed E-state index contributed by atoms with van der Waals surface area (Å²) in [6.07, 6.45) is 2.12. The van der Waals surface area contributed by atoms with Gasteiger partial charge in [-0.15, -0.1) is 0 Å². The molecule has 1 aliphatic rings. The second kappa shape index (κ2) is 4.19. The highest BCUT2D eigenvalue weighted by Gasteiger charge is 2.43. The molecule has 0 amide bonds. The predicted molar refractivity (Wildman–Crippen MR) is 65.6 cm³/mol. The van der Waals surface area contributed by atoms with Gasteiger partial charge in [0.1, 0.15) is 0 Å². The second-order valence-electron chi connectivity index (χ2n) is 4.73. The molecule has 0 unspecified atom stereocenters. The van der Waals surface area contributed by atoms with Gasteiger partial charge in [-0.05, 0) is 18.4 Å². The number of aromatic nitrogens is 2. The Bertz CT molecular complexity index is 544. The molecule has 3 rings (SSSR count). The third kappa shape index (κ3) is 1.81. The van der Waals surface area contributed by atoms with Crippen molar-refractivity contribution in [3.05, 3.63) is 35.7 Å². The number of aliphatic hydroxyl groups excluding tert-OH is 1. The van der Waals surface area contributed by atoms with E-state index < -0.39 is 0 Å². The molecule has 0 radical (unpaired) electrons. The standard InChI is InChI=1S/C13H15N3O2/c14-7-11-15-12(16-18-11)9-1-3-10(4-2-9)13(8-17)5-6-13/h1-4,17H,5-8,14H2. The van der Waals surface area contributed by atoms with E-state index in [1.807, 2.05) is 24.3 Å². The lowest BCUT2D eigenvalue weighted by Crippen LogP contribution is -2.11. The Morgan fingerprint density at radius 3 is 2.50 bits per heavy atom. The summed E-state index contributed by atoms with van der Waals surface area (Å²) in [4.78, 5) is 4.17. The third-order valence-electron chi connectivity index (χ3n) is 3.55. The first-order valence-corrected chi connectivity index (χ1v) is 6.02. The third-order valence-corrected chi connectivity index (χ3v) is 3.55. The molecule has 0 bridgehead atoms. The topological polar surface area (TPSA) is 85.2 Å². The molecule has 1 fully saturated rings. The highest BCUT2D eigenvalue weighted by molar-refractivity contribution is 5.55. The maximum absolute atomic E-state index is 9.38. The fraction of sp³-hybridized carbons (Fsp3) is 0.385. The van der Waals surface area contributed by atoms with E-state index in [2.05, 4.69) is 10.1 Å². The van der Waals surface area contributed by atoms with Crippen LogP contribution in [-0.2, 0) is 12.0 Å². The molecule has 94 valence electrons. The normalized spacial score (nSPS) is 16.8. The Labute approximate surface area is 105 Å². The van der Waals surface area contributed by atoms with Crippen LogP contribution in [0.1, 0.15) is 24.3 Å². The van der Waals surface area contributed by atoms with Crippen LogP contribution in [0.4, 0.5) is 0 Å². The van der Waals surface area contributed by atoms with Gasteiger partial charge < -0.3 is 15.4 Å². The number of nitrogens with zero attached hydrogens (tertiary/aromatic N) is 2. The lowest BCUT2D eigenvalue weighted by Gasteiger charge is -2.11. The first kappa shape index (κ1) is 11.4. The zero-order valence-electron chi connectivity index (χ0n) is 9.97. The zero-order chi connectivity index (χ0) is 12.6. The lowest BCUT2D eigenvalue weighted by molar-refractivity contribution is 0.255. The van der Waals surface area contributed by atoms with Crippen molar-refractivity contribution in [2.75, 3.05) is 6.61 Å². The Hall–Kier alpha value is -1.72. The highest BCUT2D eigenvalue weighted by atomic mass is 16.5. The van der Waals surface area contributed by atoms with E-state index in [4.69, 9.17) is 10.3 Å². The summed E-state index contributed by atoms with van der Waals surface area (Å²) in [7, 11) is 0. The molecule has 2 aromatic rings. The lowest BCUT2D eigenvalue weighted by atomic mass is 9.96. The van der Waals surface area contributed by atoms with E-state index in [-0.39, 0.29) is 18.6 Å². The molecular formula is C13H15N3O2. The molecular weight excluding hydrogens is 230 g/mol. The molecule has 5 heteroatoms. The zero-order valence-corrected chi connectivity index (χ0v) is 9.97. The second-order valence-corrected chi connectivity index (χ2v) is 4.73. The van der Waals surface area contributed by atoms with Crippen molar-refractivity contribution in [1.29, 1.82) is 0 Å². The minimum Gasteiger partial charge on any atom is -0.395 e. The van der Waals surface area contributed by atoms with Crippen molar-refractivity contribution in [2.24, 2.45) is 5.73 Å². The number of rotatable bonds is 4. The van der Waals surface area contributed by atoms with E-state index in [0.717, 1.165) is 18.4 Å². The van der Waals surface area contributed by atoms with Crippen molar-refractivity contribution in [3.63, 3.8) is 0 Å². The molecule has 1 aliphatic carbocycles. The Morgan fingerprint density at radius 2 is 2.00 bits per heavy atom. The van der Waals surface area contributed by atoms with Crippen LogP contribution in [0.2, 0.25) is 0 Å². The molecule has 1 saturated carbocycles. The van der Waals surface area contributed by atoms with Crippen LogP contribution < -0.4 is 5.73 Å². The van der Waals surface area contributed by atoms with Crippen LogP contribution in [0.3, 0.4) is 0 Å². The maximum atomic E-state index is 9.38. The van der Waals surface area contributed by atoms with Crippen molar-refractivity contribution in [1.82, 2.24) is 10.1 Å². The Balaban J connectivity index is 1.87. The van der Waals surface area contributed by atoms with Crippen molar-refractivity contribution >= 4 is 0 Å². The Morgan fingerprint density at radius 1 is 1.28 bits per heavy atom. The van der Waals surface area contributed by atoms with Crippen molar-refractivity contribution in [2.45, 2.75) is 24.8 Å². The van der Waals surface area contributed by atoms with E-state index in [0.29, 0.717) is 11.7 Å². The molecule has 0 atom stereocenters. The van der Waals surface area contributed by atoms with Crippen molar-refractivity contribution in [3.8, 4) is 11.4 Å². The van der Waals surface area contributed by atoms with E-state index >= 15 is 0 Å². The van der Waals surface area contributed by atoms with Crippen LogP contribution in [0.5, 0.6) is 0 Å². The average molecular weight is 245 g/mol. The van der Waals surface area contributed by atoms with Crippen LogP contribution >= 0.6 is 0 Å². The van der Waals surface area contributed by atoms with Gasteiger partial charge in [0.25, 0.3) is 0 Å². The monoisotopic (exact) mass is 245 g/mol. The van der Waals surface area contributed by atoms with Crippen molar-refractivity contribution < 1.29 is 9.63 Å². The highest BCUT2D eigenvalue weighted by Crippen LogP contribution is 2.47. The number of hydrogen-bond acceptors (Lipinski definition) is 5. The first-order valence-electron chi connectivity index (χ1n) is 6.02. The van der Waals surface area contributed by atoms with Gasteiger partial charge in [0.05, 0.1) is 13.2 Å². The molecule has 0 saturated heterocycles. The summed E-state index contributed by atoms with van der Waals surface area (Å²) in [6.45, 7) is 0.463. The number of nitrogens with two attached hydrogens (primary N) is 1. The quantitative estimate of drug-likeness (QED) is 0.846.